The third-order valence-corrected chi connectivity index (χ3v) is 4.17. The second-order valence-corrected chi connectivity index (χ2v) is 6.05. The minimum absolute atomic E-state index is 0.221. The van der Waals surface area contributed by atoms with Gasteiger partial charge < -0.3 is 24.8 Å². The molecular weight excluding hydrogens is 360 g/mol. The smallest absolute Gasteiger partial charge is 0.229 e. The van der Waals surface area contributed by atoms with Crippen molar-refractivity contribution in [3.8, 4) is 17.2 Å². The van der Waals surface area contributed by atoms with Crippen LogP contribution in [0.4, 0.5) is 0 Å². The molecule has 0 aliphatic carbocycles. The van der Waals surface area contributed by atoms with Gasteiger partial charge in [0.2, 0.25) is 11.8 Å². The Morgan fingerprint density at radius 2 is 1.50 bits per heavy atom. The number of benzene rings is 2. The molecule has 0 heterocycles. The molecule has 2 rings (SSSR count). The van der Waals surface area contributed by atoms with Gasteiger partial charge in [0.25, 0.3) is 0 Å². The summed E-state index contributed by atoms with van der Waals surface area (Å²) in [6.45, 7) is 0.732. The third kappa shape index (κ3) is 6.19. The number of rotatable bonds is 10. The fourth-order valence-corrected chi connectivity index (χ4v) is 2.70. The summed E-state index contributed by atoms with van der Waals surface area (Å²) < 4.78 is 15.7. The summed E-state index contributed by atoms with van der Waals surface area (Å²) in [5.74, 6) is 1.33. The molecule has 0 aliphatic heterocycles. The van der Waals surface area contributed by atoms with Crippen LogP contribution in [-0.2, 0) is 22.6 Å². The lowest BCUT2D eigenvalue weighted by Crippen LogP contribution is -2.32. The van der Waals surface area contributed by atoms with Crippen molar-refractivity contribution in [2.45, 2.75) is 19.4 Å². The van der Waals surface area contributed by atoms with Crippen molar-refractivity contribution in [3.05, 3.63) is 53.6 Å². The first-order valence-corrected chi connectivity index (χ1v) is 8.93. The second kappa shape index (κ2) is 10.8. The Bertz CT molecular complexity index is 807. The molecule has 2 aromatic carbocycles. The summed E-state index contributed by atoms with van der Waals surface area (Å²) in [4.78, 5) is 23.9. The fourth-order valence-electron chi connectivity index (χ4n) is 2.70. The zero-order valence-electron chi connectivity index (χ0n) is 16.4. The Morgan fingerprint density at radius 3 is 2.21 bits per heavy atom. The van der Waals surface area contributed by atoms with Gasteiger partial charge in [-0.15, -0.1) is 0 Å². The van der Waals surface area contributed by atoms with Crippen LogP contribution in [0.2, 0.25) is 0 Å². The van der Waals surface area contributed by atoms with Crippen LogP contribution in [0.1, 0.15) is 17.5 Å². The molecule has 7 nitrogen and oxygen atoms in total. The van der Waals surface area contributed by atoms with Gasteiger partial charge >= 0.3 is 0 Å². The van der Waals surface area contributed by atoms with Gasteiger partial charge in [0.05, 0.1) is 21.3 Å². The first kappa shape index (κ1) is 21.1. The van der Waals surface area contributed by atoms with Crippen molar-refractivity contribution in [2.24, 2.45) is 0 Å². The number of carbonyl (C=O) groups excluding carboxylic acids is 2. The number of carbonyl (C=O) groups is 2. The van der Waals surface area contributed by atoms with Crippen molar-refractivity contribution in [1.29, 1.82) is 0 Å². The largest absolute Gasteiger partial charge is 0.496 e. The standard InChI is InChI=1S/C21H26N2O5/c1-26-17-7-5-4-6-16(17)14-23-21(25)13-20(24)22-11-10-15-8-9-18(27-2)19(12-15)28-3/h4-9,12H,10-11,13-14H2,1-3H3,(H,22,24)(H,23,25). The summed E-state index contributed by atoms with van der Waals surface area (Å²) in [6.07, 6.45) is 0.399. The zero-order chi connectivity index (χ0) is 20.4. The molecule has 0 bridgehead atoms. The molecule has 0 aliphatic rings. The van der Waals surface area contributed by atoms with Gasteiger partial charge in [-0.3, -0.25) is 9.59 Å². The monoisotopic (exact) mass is 386 g/mol. The van der Waals surface area contributed by atoms with Crippen molar-refractivity contribution >= 4 is 11.8 Å². The molecule has 28 heavy (non-hydrogen) atoms. The van der Waals surface area contributed by atoms with E-state index in [1.54, 1.807) is 21.3 Å². The van der Waals surface area contributed by atoms with Crippen molar-refractivity contribution in [1.82, 2.24) is 10.6 Å². The lowest BCUT2D eigenvalue weighted by molar-refractivity contribution is -0.129. The number of hydrogen-bond donors (Lipinski definition) is 2. The van der Waals surface area contributed by atoms with Crippen LogP contribution < -0.4 is 24.8 Å². The molecule has 2 aromatic rings. The summed E-state index contributed by atoms with van der Waals surface area (Å²) in [5.41, 5.74) is 1.85. The van der Waals surface area contributed by atoms with Crippen molar-refractivity contribution in [2.75, 3.05) is 27.9 Å². The number of para-hydroxylation sites is 1. The van der Waals surface area contributed by atoms with E-state index in [0.717, 1.165) is 11.1 Å². The molecular formula is C21H26N2O5. The Balaban J connectivity index is 1.74. The topological polar surface area (TPSA) is 85.9 Å². The summed E-state index contributed by atoms with van der Waals surface area (Å²) >= 11 is 0. The summed E-state index contributed by atoms with van der Waals surface area (Å²) in [5, 5.41) is 5.48. The van der Waals surface area contributed by atoms with E-state index in [1.807, 2.05) is 42.5 Å². The molecule has 0 aromatic heterocycles. The lowest BCUT2D eigenvalue weighted by Gasteiger charge is -2.11. The van der Waals surface area contributed by atoms with E-state index >= 15 is 0 Å². The molecule has 0 saturated carbocycles. The number of ether oxygens (including phenoxy) is 3. The van der Waals surface area contributed by atoms with Crippen LogP contribution in [-0.4, -0.2) is 39.7 Å². The Morgan fingerprint density at radius 1 is 0.821 bits per heavy atom. The first-order valence-electron chi connectivity index (χ1n) is 8.93. The van der Waals surface area contributed by atoms with E-state index in [4.69, 9.17) is 14.2 Å². The highest BCUT2D eigenvalue weighted by Gasteiger charge is 2.10. The van der Waals surface area contributed by atoms with Crippen molar-refractivity contribution in [3.63, 3.8) is 0 Å². The van der Waals surface area contributed by atoms with Gasteiger partial charge in [0.15, 0.2) is 11.5 Å². The molecule has 0 atom stereocenters. The van der Waals surface area contributed by atoms with Crippen LogP contribution >= 0.6 is 0 Å². The fraction of sp³-hybridized carbons (Fsp3) is 0.333. The molecule has 2 amide bonds. The molecule has 150 valence electrons. The molecule has 0 fully saturated rings. The predicted octanol–water partition coefficient (Wildman–Crippen LogP) is 2.08. The maximum atomic E-state index is 12.0. The van der Waals surface area contributed by atoms with Gasteiger partial charge in [0.1, 0.15) is 12.2 Å². The van der Waals surface area contributed by atoms with Crippen molar-refractivity contribution < 1.29 is 23.8 Å². The van der Waals surface area contributed by atoms with E-state index in [-0.39, 0.29) is 18.2 Å². The maximum Gasteiger partial charge on any atom is 0.229 e. The zero-order valence-corrected chi connectivity index (χ0v) is 16.4. The molecule has 7 heteroatoms. The minimum atomic E-state index is -0.338. The van der Waals surface area contributed by atoms with Crippen LogP contribution in [0.15, 0.2) is 42.5 Å². The van der Waals surface area contributed by atoms with Gasteiger partial charge in [-0.25, -0.2) is 0 Å². The van der Waals surface area contributed by atoms with Gasteiger partial charge in [-0.2, -0.15) is 0 Å². The highest BCUT2D eigenvalue weighted by molar-refractivity contribution is 5.96. The van der Waals surface area contributed by atoms with E-state index in [2.05, 4.69) is 10.6 Å². The average molecular weight is 386 g/mol. The highest BCUT2D eigenvalue weighted by Crippen LogP contribution is 2.27. The van der Waals surface area contributed by atoms with Crippen LogP contribution in [0.25, 0.3) is 0 Å². The molecule has 0 unspecified atom stereocenters. The second-order valence-electron chi connectivity index (χ2n) is 6.05. The number of hydrogen-bond acceptors (Lipinski definition) is 5. The Hall–Kier alpha value is -3.22. The van der Waals surface area contributed by atoms with E-state index in [1.165, 1.54) is 0 Å². The molecule has 0 spiro atoms. The van der Waals surface area contributed by atoms with Crippen LogP contribution in [0, 0.1) is 0 Å². The van der Waals surface area contributed by atoms with Crippen LogP contribution in [0.5, 0.6) is 17.2 Å². The molecule has 2 N–H and O–H groups in total. The quantitative estimate of drug-likeness (QED) is 0.611. The average Bonchev–Trinajstić information content (AvgIpc) is 2.72. The SMILES string of the molecule is COc1ccccc1CNC(=O)CC(=O)NCCc1ccc(OC)c(OC)c1. The first-order chi connectivity index (χ1) is 13.6. The van der Waals surface area contributed by atoms with Crippen LogP contribution in [0.3, 0.4) is 0 Å². The lowest BCUT2D eigenvalue weighted by atomic mass is 10.1. The number of nitrogens with one attached hydrogen (secondary N) is 2. The normalized spacial score (nSPS) is 10.1. The number of amides is 2. The van der Waals surface area contributed by atoms with E-state index in [9.17, 15) is 9.59 Å². The number of methoxy groups -OCH3 is 3. The third-order valence-electron chi connectivity index (χ3n) is 4.17. The van der Waals surface area contributed by atoms with Gasteiger partial charge in [0, 0.05) is 18.7 Å². The van der Waals surface area contributed by atoms with Gasteiger partial charge in [-0.05, 0) is 30.2 Å². The minimum Gasteiger partial charge on any atom is -0.496 e. The summed E-state index contributed by atoms with van der Waals surface area (Å²) in [6, 6.07) is 13.0. The molecule has 0 saturated heterocycles. The summed E-state index contributed by atoms with van der Waals surface area (Å²) in [7, 11) is 4.73. The predicted molar refractivity (Wildman–Crippen MR) is 106 cm³/mol. The maximum absolute atomic E-state index is 12.0. The Kier molecular flexibility index (Phi) is 8.14. The van der Waals surface area contributed by atoms with Gasteiger partial charge in [-0.1, -0.05) is 24.3 Å². The highest BCUT2D eigenvalue weighted by atomic mass is 16.5. The van der Waals surface area contributed by atoms with E-state index < -0.39 is 0 Å². The Labute approximate surface area is 165 Å². The molecule has 0 radical (unpaired) electrons. The van der Waals surface area contributed by atoms with E-state index in [0.29, 0.717) is 36.8 Å².